The van der Waals surface area contributed by atoms with Gasteiger partial charge in [-0.2, -0.15) is 12.7 Å². The molecule has 176 valence electrons. The Morgan fingerprint density at radius 3 is 2.67 bits per heavy atom. The van der Waals surface area contributed by atoms with E-state index < -0.39 is 43.9 Å². The van der Waals surface area contributed by atoms with Crippen molar-refractivity contribution in [2.24, 2.45) is 13.0 Å². The average molecular weight is 501 g/mol. The molecule has 13 heteroatoms. The lowest BCUT2D eigenvalue weighted by Gasteiger charge is -2.37. The first-order chi connectivity index (χ1) is 15.6. The quantitative estimate of drug-likeness (QED) is 0.535. The smallest absolute Gasteiger partial charge is 0.301 e. The minimum atomic E-state index is -3.96. The van der Waals surface area contributed by atoms with Crippen LogP contribution in [-0.2, 0) is 22.0 Å². The highest BCUT2D eigenvalue weighted by atomic mass is 35.5. The average Bonchev–Trinajstić information content (AvgIpc) is 2.73. The van der Waals surface area contributed by atoms with E-state index in [9.17, 15) is 17.6 Å². The number of nitrogens with one attached hydrogen (secondary N) is 1. The Hall–Kier alpha value is -2.80. The van der Waals surface area contributed by atoms with Crippen LogP contribution in [0.2, 0.25) is 5.02 Å². The van der Waals surface area contributed by atoms with Crippen molar-refractivity contribution in [2.45, 2.75) is 0 Å². The number of nitrogens with zero attached hydrogens (tertiary/aromatic N) is 3. The molecule has 4 rings (SSSR count). The first-order valence-electron chi connectivity index (χ1n) is 9.69. The van der Waals surface area contributed by atoms with E-state index in [-0.39, 0.29) is 35.6 Å². The molecule has 0 saturated carbocycles. The van der Waals surface area contributed by atoms with Crippen LogP contribution in [0.15, 0.2) is 35.4 Å². The summed E-state index contributed by atoms with van der Waals surface area (Å²) >= 11 is 6.21. The van der Waals surface area contributed by atoms with E-state index in [4.69, 9.17) is 21.1 Å². The largest absolute Gasteiger partial charge is 0.450 e. The second-order valence-corrected chi connectivity index (χ2v) is 9.57. The van der Waals surface area contributed by atoms with Gasteiger partial charge >= 0.3 is 10.2 Å². The summed E-state index contributed by atoms with van der Waals surface area (Å²) < 4.78 is 69.6. The van der Waals surface area contributed by atoms with E-state index in [2.05, 4.69) is 9.71 Å². The second-order valence-electron chi connectivity index (χ2n) is 7.52. The number of hydrogen-bond donors (Lipinski definition) is 1. The van der Waals surface area contributed by atoms with Crippen molar-refractivity contribution in [3.8, 4) is 11.5 Å². The van der Waals surface area contributed by atoms with Gasteiger partial charge in [0.2, 0.25) is 0 Å². The van der Waals surface area contributed by atoms with Gasteiger partial charge < -0.3 is 14.0 Å². The standard InChI is InChI=1S/C20H19ClF2N4O5S/c1-26-10-24-13-5-6-15(18(23)16(13)20(26)28)32-19-12(22)3-4-14(17(19)21)25-33(29,30)27-7-11(8-27)9-31-2/h3-6,10-11,25H,7-9H2,1-2H3. The summed E-state index contributed by atoms with van der Waals surface area (Å²) in [6.45, 7) is 0.949. The van der Waals surface area contributed by atoms with E-state index in [1.165, 1.54) is 36.9 Å². The molecule has 0 radical (unpaired) electrons. The molecule has 1 fully saturated rings. The molecule has 9 nitrogen and oxygen atoms in total. The number of aryl methyl sites for hydroxylation is 1. The van der Waals surface area contributed by atoms with Crippen LogP contribution in [0.4, 0.5) is 14.5 Å². The molecule has 2 heterocycles. The number of anilines is 1. The van der Waals surface area contributed by atoms with Crippen molar-refractivity contribution >= 4 is 38.4 Å². The van der Waals surface area contributed by atoms with Crippen LogP contribution in [0.1, 0.15) is 0 Å². The summed E-state index contributed by atoms with van der Waals surface area (Å²) in [5.41, 5.74) is -0.711. The van der Waals surface area contributed by atoms with E-state index >= 15 is 4.39 Å². The highest BCUT2D eigenvalue weighted by molar-refractivity contribution is 7.90. The highest BCUT2D eigenvalue weighted by Crippen LogP contribution is 2.39. The minimum absolute atomic E-state index is 0.0761. The Bertz CT molecular complexity index is 1390. The highest BCUT2D eigenvalue weighted by Gasteiger charge is 2.36. The molecule has 0 atom stereocenters. The third kappa shape index (κ3) is 4.38. The molecule has 0 bridgehead atoms. The molecule has 0 unspecified atom stereocenters. The van der Waals surface area contributed by atoms with Gasteiger partial charge in [-0.3, -0.25) is 9.52 Å². The Morgan fingerprint density at radius 2 is 1.97 bits per heavy atom. The number of methoxy groups -OCH3 is 1. The van der Waals surface area contributed by atoms with Crippen LogP contribution < -0.4 is 15.0 Å². The summed E-state index contributed by atoms with van der Waals surface area (Å²) in [4.78, 5) is 16.3. The van der Waals surface area contributed by atoms with Gasteiger partial charge in [0.15, 0.2) is 23.1 Å². The lowest BCUT2D eigenvalue weighted by Crippen LogP contribution is -2.53. The Balaban J connectivity index is 1.64. The molecule has 2 aromatic carbocycles. The summed E-state index contributed by atoms with van der Waals surface area (Å²) in [6.07, 6.45) is 1.24. The summed E-state index contributed by atoms with van der Waals surface area (Å²) in [6, 6.07) is 4.58. The van der Waals surface area contributed by atoms with Crippen molar-refractivity contribution in [3.63, 3.8) is 0 Å². The molecule has 3 aromatic rings. The van der Waals surface area contributed by atoms with Gasteiger partial charge in [0.25, 0.3) is 5.56 Å². The fourth-order valence-electron chi connectivity index (χ4n) is 3.39. The molecular weight excluding hydrogens is 482 g/mol. The van der Waals surface area contributed by atoms with E-state index in [1.54, 1.807) is 0 Å². The van der Waals surface area contributed by atoms with Gasteiger partial charge in [-0.1, -0.05) is 11.6 Å². The Labute approximate surface area is 192 Å². The first kappa shape index (κ1) is 23.4. The zero-order valence-electron chi connectivity index (χ0n) is 17.5. The molecule has 33 heavy (non-hydrogen) atoms. The Kier molecular flexibility index (Phi) is 6.27. The topological polar surface area (TPSA) is 103 Å². The maximum atomic E-state index is 15.0. The minimum Gasteiger partial charge on any atom is -0.450 e. The molecule has 1 N–H and O–H groups in total. The third-order valence-corrected chi connectivity index (χ3v) is 6.99. The number of ether oxygens (including phenoxy) is 2. The van der Waals surface area contributed by atoms with Crippen LogP contribution in [0.25, 0.3) is 10.9 Å². The van der Waals surface area contributed by atoms with Crippen LogP contribution in [-0.4, -0.2) is 49.1 Å². The summed E-state index contributed by atoms with van der Waals surface area (Å²) in [5.74, 6) is -3.00. The van der Waals surface area contributed by atoms with Gasteiger partial charge in [0, 0.05) is 33.2 Å². The van der Waals surface area contributed by atoms with Crippen LogP contribution in [0, 0.1) is 17.6 Å². The zero-order valence-corrected chi connectivity index (χ0v) is 19.1. The number of hydrogen-bond acceptors (Lipinski definition) is 6. The summed E-state index contributed by atoms with van der Waals surface area (Å²) in [7, 11) is -1.03. The predicted molar refractivity (Wildman–Crippen MR) is 118 cm³/mol. The van der Waals surface area contributed by atoms with Gasteiger partial charge in [0.05, 0.1) is 24.1 Å². The maximum absolute atomic E-state index is 15.0. The van der Waals surface area contributed by atoms with Gasteiger partial charge in [0.1, 0.15) is 10.4 Å². The number of aromatic nitrogens is 2. The number of benzene rings is 2. The van der Waals surface area contributed by atoms with Gasteiger partial charge in [-0.15, -0.1) is 0 Å². The molecule has 0 aliphatic carbocycles. The summed E-state index contributed by atoms with van der Waals surface area (Å²) in [5, 5.41) is -0.750. The fourth-order valence-corrected chi connectivity index (χ4v) is 5.08. The van der Waals surface area contributed by atoms with Crippen molar-refractivity contribution in [2.75, 3.05) is 31.5 Å². The molecule has 1 aliphatic rings. The normalized spacial score (nSPS) is 14.9. The van der Waals surface area contributed by atoms with Crippen LogP contribution in [0.5, 0.6) is 11.5 Å². The van der Waals surface area contributed by atoms with Crippen LogP contribution in [0.3, 0.4) is 0 Å². The van der Waals surface area contributed by atoms with E-state index in [0.717, 1.165) is 16.7 Å². The SMILES string of the molecule is COCC1CN(S(=O)(=O)Nc2ccc(F)c(Oc3ccc4ncn(C)c(=O)c4c3F)c2Cl)C1. The second kappa shape index (κ2) is 8.86. The predicted octanol–water partition coefficient (Wildman–Crippen LogP) is 2.89. The molecular formula is C20H19ClF2N4O5S. The number of halogens is 3. The lowest BCUT2D eigenvalue weighted by atomic mass is 10.1. The van der Waals surface area contributed by atoms with Crippen LogP contribution >= 0.6 is 11.6 Å². The first-order valence-corrected chi connectivity index (χ1v) is 11.5. The molecule has 1 aromatic heterocycles. The van der Waals surface area contributed by atoms with E-state index in [1.807, 2.05) is 0 Å². The van der Waals surface area contributed by atoms with Gasteiger partial charge in [-0.05, 0) is 24.3 Å². The third-order valence-electron chi connectivity index (χ3n) is 5.15. The van der Waals surface area contributed by atoms with Crippen molar-refractivity contribution in [1.29, 1.82) is 0 Å². The molecule has 1 saturated heterocycles. The maximum Gasteiger partial charge on any atom is 0.301 e. The fraction of sp³-hybridized carbons (Fsp3) is 0.300. The van der Waals surface area contributed by atoms with Crippen molar-refractivity contribution in [1.82, 2.24) is 13.9 Å². The molecule has 1 aliphatic heterocycles. The lowest BCUT2D eigenvalue weighted by molar-refractivity contribution is 0.0825. The monoisotopic (exact) mass is 500 g/mol. The number of rotatable bonds is 7. The molecule has 0 amide bonds. The van der Waals surface area contributed by atoms with Crippen molar-refractivity contribution in [3.05, 3.63) is 57.6 Å². The zero-order chi connectivity index (χ0) is 23.9. The molecule has 0 spiro atoms. The van der Waals surface area contributed by atoms with Crippen molar-refractivity contribution < 1.29 is 26.7 Å². The number of fused-ring (bicyclic) bond motifs is 1. The van der Waals surface area contributed by atoms with Gasteiger partial charge in [-0.25, -0.2) is 13.8 Å². The Morgan fingerprint density at radius 1 is 1.24 bits per heavy atom. The van der Waals surface area contributed by atoms with E-state index in [0.29, 0.717) is 6.61 Å².